The molecule has 1 aliphatic carbocycles. The van der Waals surface area contributed by atoms with E-state index in [1.807, 2.05) is 0 Å². The minimum absolute atomic E-state index is 0.132. The second-order valence-electron chi connectivity index (χ2n) is 5.96. The van der Waals surface area contributed by atoms with Crippen LogP contribution in [0.5, 0.6) is 0 Å². The van der Waals surface area contributed by atoms with Crippen molar-refractivity contribution in [2.75, 3.05) is 17.6 Å². The molecule has 0 saturated heterocycles. The molecule has 7 heteroatoms. The van der Waals surface area contributed by atoms with Crippen molar-refractivity contribution >= 4 is 28.6 Å². The number of anilines is 2. The van der Waals surface area contributed by atoms with E-state index in [9.17, 15) is 9.90 Å². The highest BCUT2D eigenvalue weighted by molar-refractivity contribution is 5.97. The standard InChI is InChI=1S/C16H20N4O3/c17-16-19-12-6-5-9(15(22)23)7-11(12)14(20-16)18-8-10-3-1-2-4-13(10)21/h5-7,10,13,21H,1-4,8H2,(H,22,23)(H3,17,18,19,20)/t10-,13-/m0/s1. The Kier molecular flexibility index (Phi) is 4.29. The first-order valence-electron chi connectivity index (χ1n) is 7.77. The van der Waals surface area contributed by atoms with Gasteiger partial charge in [0.15, 0.2) is 0 Å². The lowest BCUT2D eigenvalue weighted by molar-refractivity contribution is 0.0697. The van der Waals surface area contributed by atoms with Gasteiger partial charge in [-0.1, -0.05) is 12.8 Å². The van der Waals surface area contributed by atoms with E-state index in [2.05, 4.69) is 15.3 Å². The monoisotopic (exact) mass is 316 g/mol. The van der Waals surface area contributed by atoms with Crippen molar-refractivity contribution in [2.24, 2.45) is 5.92 Å². The number of benzene rings is 1. The van der Waals surface area contributed by atoms with Crippen molar-refractivity contribution in [1.29, 1.82) is 0 Å². The summed E-state index contributed by atoms with van der Waals surface area (Å²) in [5, 5.41) is 23.0. The van der Waals surface area contributed by atoms with E-state index in [4.69, 9.17) is 10.8 Å². The van der Waals surface area contributed by atoms with Gasteiger partial charge in [0.1, 0.15) is 5.82 Å². The molecule has 0 aliphatic heterocycles. The van der Waals surface area contributed by atoms with Gasteiger partial charge in [0.05, 0.1) is 17.2 Å². The van der Waals surface area contributed by atoms with Crippen LogP contribution in [0.4, 0.5) is 11.8 Å². The van der Waals surface area contributed by atoms with Gasteiger partial charge in [-0.25, -0.2) is 9.78 Å². The van der Waals surface area contributed by atoms with Gasteiger partial charge in [0.2, 0.25) is 5.95 Å². The average Bonchev–Trinajstić information content (AvgIpc) is 2.53. The van der Waals surface area contributed by atoms with Gasteiger partial charge in [-0.3, -0.25) is 0 Å². The second kappa shape index (κ2) is 6.37. The summed E-state index contributed by atoms with van der Waals surface area (Å²) in [4.78, 5) is 19.5. The largest absolute Gasteiger partial charge is 0.478 e. The molecule has 1 saturated carbocycles. The van der Waals surface area contributed by atoms with E-state index in [-0.39, 0.29) is 23.5 Å². The summed E-state index contributed by atoms with van der Waals surface area (Å²) in [5.41, 5.74) is 6.50. The first-order chi connectivity index (χ1) is 11.0. The zero-order valence-electron chi connectivity index (χ0n) is 12.7. The van der Waals surface area contributed by atoms with E-state index in [0.717, 1.165) is 25.7 Å². The topological polar surface area (TPSA) is 121 Å². The highest BCUT2D eigenvalue weighted by Crippen LogP contribution is 2.27. The number of rotatable bonds is 4. The predicted octanol–water partition coefficient (Wildman–Crippen LogP) is 1.87. The zero-order valence-corrected chi connectivity index (χ0v) is 12.7. The van der Waals surface area contributed by atoms with Gasteiger partial charge >= 0.3 is 5.97 Å². The molecule has 1 aromatic heterocycles. The van der Waals surface area contributed by atoms with Crippen LogP contribution in [0, 0.1) is 5.92 Å². The Morgan fingerprint density at radius 2 is 2.09 bits per heavy atom. The lowest BCUT2D eigenvalue weighted by atomic mass is 9.86. The third-order valence-electron chi connectivity index (χ3n) is 4.36. The second-order valence-corrected chi connectivity index (χ2v) is 5.96. The van der Waals surface area contributed by atoms with Crippen LogP contribution in [0.1, 0.15) is 36.0 Å². The smallest absolute Gasteiger partial charge is 0.335 e. The molecule has 0 bridgehead atoms. The number of aliphatic hydroxyl groups excluding tert-OH is 1. The molecule has 0 amide bonds. The number of nitrogens with zero attached hydrogens (tertiary/aromatic N) is 2. The normalized spacial score (nSPS) is 21.3. The van der Waals surface area contributed by atoms with Crippen molar-refractivity contribution in [3.63, 3.8) is 0 Å². The fraction of sp³-hybridized carbons (Fsp3) is 0.438. The maximum atomic E-state index is 11.2. The molecular formula is C16H20N4O3. The number of aromatic nitrogens is 2. The molecule has 5 N–H and O–H groups in total. The molecule has 3 rings (SSSR count). The van der Waals surface area contributed by atoms with Crippen LogP contribution in [0.2, 0.25) is 0 Å². The van der Waals surface area contributed by atoms with Gasteiger partial charge in [-0.15, -0.1) is 0 Å². The van der Waals surface area contributed by atoms with E-state index >= 15 is 0 Å². The zero-order chi connectivity index (χ0) is 16.4. The van der Waals surface area contributed by atoms with Crippen LogP contribution < -0.4 is 11.1 Å². The number of aromatic carboxylic acids is 1. The number of hydrogen-bond acceptors (Lipinski definition) is 6. The fourth-order valence-electron chi connectivity index (χ4n) is 3.07. The van der Waals surface area contributed by atoms with Crippen molar-refractivity contribution in [3.05, 3.63) is 23.8 Å². The van der Waals surface area contributed by atoms with Crippen molar-refractivity contribution < 1.29 is 15.0 Å². The number of nitrogens with two attached hydrogens (primary N) is 1. The first-order valence-corrected chi connectivity index (χ1v) is 7.77. The van der Waals surface area contributed by atoms with Gasteiger partial charge in [-0.2, -0.15) is 4.98 Å². The van der Waals surface area contributed by atoms with Crippen molar-refractivity contribution in [1.82, 2.24) is 9.97 Å². The Morgan fingerprint density at radius 1 is 1.30 bits per heavy atom. The molecule has 2 aromatic rings. The number of carboxylic acids is 1. The summed E-state index contributed by atoms with van der Waals surface area (Å²) in [6.07, 6.45) is 3.65. The maximum Gasteiger partial charge on any atom is 0.335 e. The van der Waals surface area contributed by atoms with Crippen LogP contribution in [0.3, 0.4) is 0 Å². The lowest BCUT2D eigenvalue weighted by Gasteiger charge is -2.28. The van der Waals surface area contributed by atoms with E-state index in [1.165, 1.54) is 12.1 Å². The Labute approximate surface area is 133 Å². The number of nitrogen functional groups attached to an aromatic ring is 1. The molecule has 0 unspecified atom stereocenters. The number of carbonyl (C=O) groups is 1. The van der Waals surface area contributed by atoms with Gasteiger partial charge < -0.3 is 21.3 Å². The first kappa shape index (κ1) is 15.5. The number of aliphatic hydroxyl groups is 1. The summed E-state index contributed by atoms with van der Waals surface area (Å²) < 4.78 is 0. The average molecular weight is 316 g/mol. The molecule has 1 aliphatic rings. The highest BCUT2D eigenvalue weighted by Gasteiger charge is 2.23. The summed E-state index contributed by atoms with van der Waals surface area (Å²) in [6.45, 7) is 0.573. The number of carboxylic acid groups (broad SMARTS) is 1. The maximum absolute atomic E-state index is 11.2. The summed E-state index contributed by atoms with van der Waals surface area (Å²) >= 11 is 0. The quantitative estimate of drug-likeness (QED) is 0.679. The van der Waals surface area contributed by atoms with Crippen molar-refractivity contribution in [3.8, 4) is 0 Å². The van der Waals surface area contributed by atoms with Crippen LogP contribution in [0.15, 0.2) is 18.2 Å². The third-order valence-corrected chi connectivity index (χ3v) is 4.36. The van der Waals surface area contributed by atoms with Crippen LogP contribution in [-0.4, -0.2) is 38.8 Å². The Hall–Kier alpha value is -2.41. The Balaban J connectivity index is 1.89. The summed E-state index contributed by atoms with van der Waals surface area (Å²) in [5.74, 6) is -0.198. The molecule has 1 aromatic carbocycles. The number of nitrogens with one attached hydrogen (secondary N) is 1. The fourth-order valence-corrected chi connectivity index (χ4v) is 3.07. The lowest BCUT2D eigenvalue weighted by Crippen LogP contribution is -2.30. The Bertz CT molecular complexity index is 735. The van der Waals surface area contributed by atoms with E-state index in [1.54, 1.807) is 6.07 Å². The van der Waals surface area contributed by atoms with Crippen LogP contribution in [-0.2, 0) is 0 Å². The van der Waals surface area contributed by atoms with E-state index < -0.39 is 5.97 Å². The molecule has 1 fully saturated rings. The Morgan fingerprint density at radius 3 is 2.83 bits per heavy atom. The minimum Gasteiger partial charge on any atom is -0.478 e. The highest BCUT2D eigenvalue weighted by atomic mass is 16.4. The van der Waals surface area contributed by atoms with Crippen LogP contribution >= 0.6 is 0 Å². The molecule has 2 atom stereocenters. The van der Waals surface area contributed by atoms with Gasteiger partial charge in [0.25, 0.3) is 0 Å². The third kappa shape index (κ3) is 3.34. The number of fused-ring (bicyclic) bond motifs is 1. The van der Waals surface area contributed by atoms with Crippen molar-refractivity contribution in [2.45, 2.75) is 31.8 Å². The van der Waals surface area contributed by atoms with Gasteiger partial charge in [0, 0.05) is 17.8 Å². The molecular weight excluding hydrogens is 296 g/mol. The van der Waals surface area contributed by atoms with Gasteiger partial charge in [-0.05, 0) is 31.0 Å². The summed E-state index contributed by atoms with van der Waals surface area (Å²) in [6, 6.07) is 4.65. The molecule has 23 heavy (non-hydrogen) atoms. The molecule has 1 heterocycles. The SMILES string of the molecule is Nc1nc(NC[C@@H]2CCCC[C@@H]2O)c2cc(C(=O)O)ccc2n1. The predicted molar refractivity (Wildman–Crippen MR) is 87.4 cm³/mol. The minimum atomic E-state index is -1.00. The molecule has 0 radical (unpaired) electrons. The molecule has 122 valence electrons. The van der Waals surface area contributed by atoms with Crippen LogP contribution in [0.25, 0.3) is 10.9 Å². The summed E-state index contributed by atoms with van der Waals surface area (Å²) in [7, 11) is 0. The number of hydrogen-bond donors (Lipinski definition) is 4. The van der Waals surface area contributed by atoms with E-state index in [0.29, 0.717) is 23.3 Å². The molecule has 0 spiro atoms. The molecule has 7 nitrogen and oxygen atoms in total.